The zero-order valence-corrected chi connectivity index (χ0v) is 23.5. The number of hydrogen-bond donors (Lipinski definition) is 1. The molecule has 36 heavy (non-hydrogen) atoms. The van der Waals surface area contributed by atoms with Gasteiger partial charge in [0.1, 0.15) is 10.1 Å². The number of amides is 1. The third-order valence-electron chi connectivity index (χ3n) is 6.34. The van der Waals surface area contributed by atoms with E-state index in [2.05, 4.69) is 6.92 Å². The van der Waals surface area contributed by atoms with Gasteiger partial charge in [-0.25, -0.2) is 0 Å². The Morgan fingerprint density at radius 1 is 0.917 bits per heavy atom. The van der Waals surface area contributed by atoms with Gasteiger partial charge in [0.15, 0.2) is 0 Å². The van der Waals surface area contributed by atoms with Crippen LogP contribution in [0, 0.1) is 0 Å². The molecule has 200 valence electrons. The number of carbonyl (C=O) groups excluding carboxylic acids is 1. The number of carboxylic acid groups (broad SMARTS) is 1. The molecule has 5 nitrogen and oxygen atoms in total. The van der Waals surface area contributed by atoms with Crippen LogP contribution < -0.4 is 4.74 Å². The summed E-state index contributed by atoms with van der Waals surface area (Å²) in [7, 11) is 0. The number of aliphatic carboxylic acids is 1. The van der Waals surface area contributed by atoms with Crippen LogP contribution in [0.25, 0.3) is 6.08 Å². The Morgan fingerprint density at radius 2 is 1.50 bits per heavy atom. The molecule has 2 rings (SSSR count). The van der Waals surface area contributed by atoms with E-state index < -0.39 is 5.97 Å². The zero-order chi connectivity index (χ0) is 26.0. The van der Waals surface area contributed by atoms with Crippen LogP contribution in [0.5, 0.6) is 5.75 Å². The van der Waals surface area contributed by atoms with Crippen molar-refractivity contribution in [1.82, 2.24) is 4.90 Å². The van der Waals surface area contributed by atoms with Crippen molar-refractivity contribution in [3.8, 4) is 5.75 Å². The Morgan fingerprint density at radius 3 is 2.14 bits per heavy atom. The fraction of sp³-hybridized carbons (Fsp3) is 0.621. The van der Waals surface area contributed by atoms with E-state index in [1.54, 1.807) is 4.90 Å². The van der Waals surface area contributed by atoms with Gasteiger partial charge in [0.25, 0.3) is 5.91 Å². The topological polar surface area (TPSA) is 66.8 Å². The molecule has 0 aliphatic carbocycles. The highest BCUT2D eigenvalue weighted by atomic mass is 32.2. The quantitative estimate of drug-likeness (QED) is 0.103. The highest BCUT2D eigenvalue weighted by Crippen LogP contribution is 2.33. The molecule has 1 aromatic rings. The second-order valence-electron chi connectivity index (χ2n) is 9.49. The summed E-state index contributed by atoms with van der Waals surface area (Å²) in [6.45, 7) is 3.65. The van der Waals surface area contributed by atoms with Crippen molar-refractivity contribution >= 4 is 46.3 Å². The van der Waals surface area contributed by atoms with E-state index in [1.807, 2.05) is 30.3 Å². The van der Waals surface area contributed by atoms with Crippen molar-refractivity contribution < 1.29 is 19.4 Å². The summed E-state index contributed by atoms with van der Waals surface area (Å²) in [6, 6.07) is 7.92. The first-order chi connectivity index (χ1) is 17.5. The molecule has 1 aliphatic heterocycles. The molecule has 1 aromatic carbocycles. The van der Waals surface area contributed by atoms with Crippen LogP contribution in [-0.4, -0.2) is 39.4 Å². The molecule has 1 saturated heterocycles. The molecule has 1 fully saturated rings. The number of carbonyl (C=O) groups is 2. The Bertz CT molecular complexity index is 838. The molecular formula is C29H43NO4S2. The summed E-state index contributed by atoms with van der Waals surface area (Å²) in [5.74, 6) is 0.169. The molecule has 1 heterocycles. The summed E-state index contributed by atoms with van der Waals surface area (Å²) in [5, 5.41) is 8.65. The normalized spacial score (nSPS) is 14.7. The highest BCUT2D eigenvalue weighted by Gasteiger charge is 2.31. The SMILES string of the molecule is CCCCCCCCOc1ccc(C=C2SC(=S)N(CCCCCCCCCCC(=O)O)C2=O)cc1. The number of hydrogen-bond acceptors (Lipinski definition) is 5. The number of benzene rings is 1. The van der Waals surface area contributed by atoms with Crippen LogP contribution in [0.3, 0.4) is 0 Å². The van der Waals surface area contributed by atoms with Crippen molar-refractivity contribution in [3.05, 3.63) is 34.7 Å². The van der Waals surface area contributed by atoms with Gasteiger partial charge >= 0.3 is 5.97 Å². The second-order valence-corrected chi connectivity index (χ2v) is 11.2. The molecule has 0 saturated carbocycles. The molecule has 0 unspecified atom stereocenters. The first-order valence-corrected chi connectivity index (χ1v) is 14.9. The van der Waals surface area contributed by atoms with Crippen molar-refractivity contribution in [3.63, 3.8) is 0 Å². The Balaban J connectivity index is 1.63. The minimum Gasteiger partial charge on any atom is -0.494 e. The summed E-state index contributed by atoms with van der Waals surface area (Å²) in [5.41, 5.74) is 0.978. The van der Waals surface area contributed by atoms with Gasteiger partial charge in [-0.1, -0.05) is 114 Å². The Labute approximate surface area is 227 Å². The van der Waals surface area contributed by atoms with Gasteiger partial charge in [-0.3, -0.25) is 14.5 Å². The smallest absolute Gasteiger partial charge is 0.303 e. The van der Waals surface area contributed by atoms with E-state index in [9.17, 15) is 9.59 Å². The minimum atomic E-state index is -0.706. The van der Waals surface area contributed by atoms with Crippen molar-refractivity contribution in [2.75, 3.05) is 13.2 Å². The van der Waals surface area contributed by atoms with Crippen LogP contribution in [0.2, 0.25) is 0 Å². The van der Waals surface area contributed by atoms with Gasteiger partial charge < -0.3 is 9.84 Å². The largest absolute Gasteiger partial charge is 0.494 e. The predicted octanol–water partition coefficient (Wildman–Crippen LogP) is 8.22. The van der Waals surface area contributed by atoms with E-state index in [4.69, 9.17) is 22.1 Å². The first kappa shape index (κ1) is 30.4. The lowest BCUT2D eigenvalue weighted by molar-refractivity contribution is -0.137. The monoisotopic (exact) mass is 533 g/mol. The molecule has 1 aliphatic rings. The minimum absolute atomic E-state index is 0.00632. The third-order valence-corrected chi connectivity index (χ3v) is 7.72. The third kappa shape index (κ3) is 12.4. The van der Waals surface area contributed by atoms with E-state index in [0.717, 1.165) is 75.7 Å². The fourth-order valence-corrected chi connectivity index (χ4v) is 5.49. The average Bonchev–Trinajstić information content (AvgIpc) is 3.12. The molecule has 0 aromatic heterocycles. The first-order valence-electron chi connectivity index (χ1n) is 13.7. The number of unbranched alkanes of at least 4 members (excludes halogenated alkanes) is 12. The van der Waals surface area contributed by atoms with E-state index in [0.29, 0.717) is 15.8 Å². The zero-order valence-electron chi connectivity index (χ0n) is 21.8. The Hall–Kier alpha value is -1.86. The summed E-state index contributed by atoms with van der Waals surface area (Å²) < 4.78 is 6.50. The highest BCUT2D eigenvalue weighted by molar-refractivity contribution is 8.26. The van der Waals surface area contributed by atoms with Crippen LogP contribution >= 0.6 is 24.0 Å². The number of carboxylic acids is 1. The van der Waals surface area contributed by atoms with Gasteiger partial charge in [0.05, 0.1) is 11.5 Å². The molecule has 1 N–H and O–H groups in total. The lowest BCUT2D eigenvalue weighted by Gasteiger charge is -2.14. The molecule has 1 amide bonds. The van der Waals surface area contributed by atoms with Gasteiger partial charge in [-0.05, 0) is 43.0 Å². The number of ether oxygens (including phenoxy) is 1. The van der Waals surface area contributed by atoms with Crippen molar-refractivity contribution in [2.24, 2.45) is 0 Å². The lowest BCUT2D eigenvalue weighted by Crippen LogP contribution is -2.29. The maximum absolute atomic E-state index is 12.9. The van der Waals surface area contributed by atoms with E-state index in [-0.39, 0.29) is 12.3 Å². The molecule has 7 heteroatoms. The second kappa shape index (κ2) is 18.4. The maximum Gasteiger partial charge on any atom is 0.303 e. The van der Waals surface area contributed by atoms with Gasteiger partial charge in [0, 0.05) is 13.0 Å². The lowest BCUT2D eigenvalue weighted by atomic mass is 10.1. The number of nitrogens with zero attached hydrogens (tertiary/aromatic N) is 1. The molecule has 0 radical (unpaired) electrons. The summed E-state index contributed by atoms with van der Waals surface area (Å²) in [6.07, 6.45) is 18.0. The van der Waals surface area contributed by atoms with Crippen molar-refractivity contribution in [1.29, 1.82) is 0 Å². The molecule has 0 spiro atoms. The number of thiocarbonyl (C=S) groups is 1. The summed E-state index contributed by atoms with van der Waals surface area (Å²) >= 11 is 6.85. The van der Waals surface area contributed by atoms with Crippen LogP contribution in [-0.2, 0) is 9.59 Å². The van der Waals surface area contributed by atoms with Crippen LogP contribution in [0.15, 0.2) is 29.2 Å². The molecule has 0 atom stereocenters. The molecule has 0 bridgehead atoms. The maximum atomic E-state index is 12.9. The van der Waals surface area contributed by atoms with Gasteiger partial charge in [0.2, 0.25) is 0 Å². The fourth-order valence-electron chi connectivity index (χ4n) is 4.18. The van der Waals surface area contributed by atoms with E-state index >= 15 is 0 Å². The summed E-state index contributed by atoms with van der Waals surface area (Å²) in [4.78, 5) is 25.8. The van der Waals surface area contributed by atoms with E-state index in [1.165, 1.54) is 43.9 Å². The Kier molecular flexibility index (Phi) is 15.5. The average molecular weight is 534 g/mol. The number of thioether (sulfide) groups is 1. The predicted molar refractivity (Wildman–Crippen MR) is 154 cm³/mol. The van der Waals surface area contributed by atoms with Gasteiger partial charge in [-0.15, -0.1) is 0 Å². The van der Waals surface area contributed by atoms with Crippen molar-refractivity contribution in [2.45, 2.75) is 103 Å². The van der Waals surface area contributed by atoms with Gasteiger partial charge in [-0.2, -0.15) is 0 Å². The van der Waals surface area contributed by atoms with Crippen LogP contribution in [0.4, 0.5) is 0 Å². The standard InChI is InChI=1S/C29H43NO4S2/c1-2-3-4-5-12-15-22-34-25-19-17-24(18-20-25)23-26-28(33)30(29(35)36-26)21-14-11-9-7-6-8-10-13-16-27(31)32/h17-20,23H,2-16,21-22H2,1H3,(H,31,32). The van der Waals surface area contributed by atoms with Crippen LogP contribution in [0.1, 0.15) is 109 Å². The number of rotatable bonds is 20. The molecular weight excluding hydrogens is 490 g/mol.